The van der Waals surface area contributed by atoms with Gasteiger partial charge in [0.25, 0.3) is 10.0 Å². The van der Waals surface area contributed by atoms with Crippen LogP contribution in [0.1, 0.15) is 11.1 Å². The normalized spacial score (nSPS) is 14.9. The highest BCUT2D eigenvalue weighted by Gasteiger charge is 2.21. The Balaban J connectivity index is 1.83. The van der Waals surface area contributed by atoms with Crippen LogP contribution in [-0.4, -0.2) is 32.6 Å². The van der Waals surface area contributed by atoms with E-state index in [4.69, 9.17) is 4.74 Å². The average Bonchev–Trinajstić information content (AvgIpc) is 2.91. The number of nitrogens with zero attached hydrogens (tertiary/aromatic N) is 1. The van der Waals surface area contributed by atoms with Crippen molar-refractivity contribution in [3.63, 3.8) is 0 Å². The summed E-state index contributed by atoms with van der Waals surface area (Å²) in [4.78, 5) is 0.327. The molecule has 0 fully saturated rings. The number of benzene rings is 2. The predicted octanol–water partition coefficient (Wildman–Crippen LogP) is 2.58. The molecule has 0 spiro atoms. The maximum absolute atomic E-state index is 13.2. The molecule has 0 amide bonds. The fourth-order valence-corrected chi connectivity index (χ4v) is 4.74. The molecule has 0 saturated heterocycles. The summed E-state index contributed by atoms with van der Waals surface area (Å²) in [5.41, 5.74) is 2.96. The van der Waals surface area contributed by atoms with E-state index in [0.717, 1.165) is 36.9 Å². The molecular formula is C19H20N2O3S. The van der Waals surface area contributed by atoms with Crippen LogP contribution in [0.5, 0.6) is 5.75 Å². The van der Waals surface area contributed by atoms with Crippen molar-refractivity contribution in [2.24, 2.45) is 0 Å². The fraction of sp³-hybridized carbons (Fsp3) is 0.263. The molecule has 0 bridgehead atoms. The molecule has 2 heterocycles. The van der Waals surface area contributed by atoms with Crippen molar-refractivity contribution in [1.82, 2.24) is 9.29 Å². The van der Waals surface area contributed by atoms with E-state index in [-0.39, 0.29) is 0 Å². The maximum Gasteiger partial charge on any atom is 0.268 e. The number of hydrogen-bond donors (Lipinski definition) is 1. The Hall–Kier alpha value is -2.31. The molecule has 130 valence electrons. The molecule has 5 nitrogen and oxygen atoms in total. The number of hydrogen-bond acceptors (Lipinski definition) is 4. The zero-order valence-corrected chi connectivity index (χ0v) is 14.8. The molecule has 0 aliphatic carbocycles. The molecule has 0 unspecified atom stereocenters. The van der Waals surface area contributed by atoms with Crippen molar-refractivity contribution in [3.05, 3.63) is 59.8 Å². The number of aromatic nitrogens is 1. The number of rotatable bonds is 3. The van der Waals surface area contributed by atoms with Crippen molar-refractivity contribution in [2.75, 3.05) is 20.2 Å². The predicted molar refractivity (Wildman–Crippen MR) is 97.8 cm³/mol. The Morgan fingerprint density at radius 3 is 2.60 bits per heavy atom. The molecule has 1 N–H and O–H groups in total. The number of methoxy groups -OCH3 is 1. The summed E-state index contributed by atoms with van der Waals surface area (Å²) >= 11 is 0. The van der Waals surface area contributed by atoms with E-state index in [2.05, 4.69) is 5.32 Å². The second-order valence-electron chi connectivity index (χ2n) is 6.22. The first-order chi connectivity index (χ1) is 12.1. The van der Waals surface area contributed by atoms with Crippen LogP contribution in [0.4, 0.5) is 0 Å². The van der Waals surface area contributed by atoms with Gasteiger partial charge in [0.15, 0.2) is 0 Å². The second-order valence-corrected chi connectivity index (χ2v) is 8.04. The van der Waals surface area contributed by atoms with Gasteiger partial charge in [0.1, 0.15) is 5.75 Å². The molecule has 3 aromatic rings. The minimum atomic E-state index is -3.65. The molecule has 6 heteroatoms. The summed E-state index contributed by atoms with van der Waals surface area (Å²) in [5, 5.41) is 4.21. The summed E-state index contributed by atoms with van der Waals surface area (Å²) in [6.45, 7) is 1.81. The molecule has 1 aliphatic heterocycles. The third-order valence-corrected chi connectivity index (χ3v) is 6.43. The zero-order chi connectivity index (χ0) is 17.4. The highest BCUT2D eigenvalue weighted by Crippen LogP contribution is 2.27. The van der Waals surface area contributed by atoms with Gasteiger partial charge in [-0.05, 0) is 67.4 Å². The molecule has 2 aromatic carbocycles. The van der Waals surface area contributed by atoms with Gasteiger partial charge in [0.05, 0.1) is 17.5 Å². The average molecular weight is 356 g/mol. The molecule has 1 aliphatic rings. The van der Waals surface area contributed by atoms with E-state index < -0.39 is 10.0 Å². The van der Waals surface area contributed by atoms with E-state index in [0.29, 0.717) is 16.2 Å². The van der Waals surface area contributed by atoms with Crippen LogP contribution in [0, 0.1) is 0 Å². The first-order valence-corrected chi connectivity index (χ1v) is 9.77. The van der Waals surface area contributed by atoms with Crippen molar-refractivity contribution >= 4 is 20.9 Å². The van der Waals surface area contributed by atoms with Gasteiger partial charge < -0.3 is 10.1 Å². The van der Waals surface area contributed by atoms with Gasteiger partial charge in [-0.3, -0.25) is 0 Å². The van der Waals surface area contributed by atoms with Gasteiger partial charge in [0.2, 0.25) is 0 Å². The molecule has 25 heavy (non-hydrogen) atoms. The van der Waals surface area contributed by atoms with Crippen LogP contribution < -0.4 is 10.1 Å². The van der Waals surface area contributed by atoms with Crippen LogP contribution in [0.15, 0.2) is 53.6 Å². The highest BCUT2D eigenvalue weighted by molar-refractivity contribution is 7.90. The van der Waals surface area contributed by atoms with Gasteiger partial charge in [-0.25, -0.2) is 12.4 Å². The molecule has 0 saturated carbocycles. The lowest BCUT2D eigenvalue weighted by Gasteiger charge is -2.11. The Morgan fingerprint density at radius 1 is 1.00 bits per heavy atom. The highest BCUT2D eigenvalue weighted by atomic mass is 32.2. The van der Waals surface area contributed by atoms with Gasteiger partial charge in [-0.15, -0.1) is 0 Å². The minimum Gasteiger partial charge on any atom is -0.497 e. The van der Waals surface area contributed by atoms with E-state index >= 15 is 0 Å². The molecule has 0 radical (unpaired) electrons. The standard InChI is InChI=1S/C19H20N2O3S/c1-24-17-4-2-15-8-11-21(19(15)13-17)25(22,23)18-5-3-14-6-9-20-10-7-16(14)12-18/h2-5,8,11-13,20H,6-7,9-10H2,1H3. The van der Waals surface area contributed by atoms with Gasteiger partial charge in [0, 0.05) is 17.6 Å². The first kappa shape index (κ1) is 16.2. The van der Waals surface area contributed by atoms with Gasteiger partial charge >= 0.3 is 0 Å². The number of ether oxygens (including phenoxy) is 1. The van der Waals surface area contributed by atoms with E-state index in [1.807, 2.05) is 24.3 Å². The fourth-order valence-electron chi connectivity index (χ4n) is 3.34. The summed E-state index contributed by atoms with van der Waals surface area (Å²) in [7, 11) is -2.08. The van der Waals surface area contributed by atoms with Crippen LogP contribution in [-0.2, 0) is 22.9 Å². The monoisotopic (exact) mass is 356 g/mol. The lowest BCUT2D eigenvalue weighted by atomic mass is 10.0. The second kappa shape index (κ2) is 6.20. The molecule has 0 atom stereocenters. The molecule has 4 rings (SSSR count). The Kier molecular flexibility index (Phi) is 4.01. The van der Waals surface area contributed by atoms with E-state index in [1.165, 1.54) is 9.54 Å². The molecular weight excluding hydrogens is 336 g/mol. The SMILES string of the molecule is COc1ccc2ccn(S(=O)(=O)c3ccc4c(c3)CCNCC4)c2c1. The van der Waals surface area contributed by atoms with Crippen molar-refractivity contribution in [2.45, 2.75) is 17.7 Å². The van der Waals surface area contributed by atoms with Crippen molar-refractivity contribution < 1.29 is 13.2 Å². The smallest absolute Gasteiger partial charge is 0.268 e. The van der Waals surface area contributed by atoms with Gasteiger partial charge in [-0.1, -0.05) is 6.07 Å². The number of nitrogens with one attached hydrogen (secondary N) is 1. The van der Waals surface area contributed by atoms with Crippen LogP contribution in [0.25, 0.3) is 10.9 Å². The largest absolute Gasteiger partial charge is 0.497 e. The van der Waals surface area contributed by atoms with Crippen LogP contribution >= 0.6 is 0 Å². The zero-order valence-electron chi connectivity index (χ0n) is 14.0. The number of fused-ring (bicyclic) bond motifs is 2. The van der Waals surface area contributed by atoms with E-state index in [1.54, 1.807) is 31.5 Å². The topological polar surface area (TPSA) is 60.3 Å². The quantitative estimate of drug-likeness (QED) is 0.784. The lowest BCUT2D eigenvalue weighted by Crippen LogP contribution is -2.16. The third kappa shape index (κ3) is 2.81. The van der Waals surface area contributed by atoms with Crippen molar-refractivity contribution in [1.29, 1.82) is 0 Å². The van der Waals surface area contributed by atoms with Crippen LogP contribution in [0.3, 0.4) is 0 Å². The summed E-state index contributed by atoms with van der Waals surface area (Å²) in [6.07, 6.45) is 3.38. The minimum absolute atomic E-state index is 0.327. The maximum atomic E-state index is 13.2. The summed E-state index contributed by atoms with van der Waals surface area (Å²) in [6, 6.07) is 12.7. The summed E-state index contributed by atoms with van der Waals surface area (Å²) in [5.74, 6) is 0.635. The Bertz CT molecular complexity index is 1040. The lowest BCUT2D eigenvalue weighted by molar-refractivity contribution is 0.415. The molecule has 1 aromatic heterocycles. The Morgan fingerprint density at radius 2 is 1.80 bits per heavy atom. The van der Waals surface area contributed by atoms with E-state index in [9.17, 15) is 8.42 Å². The van der Waals surface area contributed by atoms with Gasteiger partial charge in [-0.2, -0.15) is 0 Å². The van der Waals surface area contributed by atoms with Crippen molar-refractivity contribution in [3.8, 4) is 5.75 Å². The third-order valence-electron chi connectivity index (χ3n) is 4.74. The summed E-state index contributed by atoms with van der Waals surface area (Å²) < 4.78 is 32.9. The Labute approximate surface area is 147 Å². The van der Waals surface area contributed by atoms with Crippen LogP contribution in [0.2, 0.25) is 0 Å². The first-order valence-electron chi connectivity index (χ1n) is 8.33.